The molecule has 4 rings (SSSR count). The molecule has 0 bridgehead atoms. The highest BCUT2D eigenvalue weighted by Crippen LogP contribution is 2.18. The van der Waals surface area contributed by atoms with Gasteiger partial charge in [0.2, 0.25) is 5.91 Å². The fraction of sp³-hybridized carbons (Fsp3) is 0.182. The summed E-state index contributed by atoms with van der Waals surface area (Å²) in [6.07, 6.45) is 5.15. The number of aromatic nitrogens is 2. The lowest BCUT2D eigenvalue weighted by Crippen LogP contribution is -2.26. The first-order valence-corrected chi connectivity index (χ1v) is 8.94. The molecule has 1 N–H and O–H groups in total. The Bertz CT molecular complexity index is 1050. The van der Waals surface area contributed by atoms with Gasteiger partial charge in [0.05, 0.1) is 6.42 Å². The summed E-state index contributed by atoms with van der Waals surface area (Å²) in [7, 11) is 0. The van der Waals surface area contributed by atoms with E-state index in [4.69, 9.17) is 0 Å². The molecule has 4 heteroatoms. The number of benzene rings is 2. The van der Waals surface area contributed by atoms with Crippen LogP contribution < -0.4 is 5.32 Å². The van der Waals surface area contributed by atoms with E-state index in [9.17, 15) is 4.79 Å². The first-order chi connectivity index (χ1) is 12.8. The van der Waals surface area contributed by atoms with Crippen molar-refractivity contribution in [2.24, 2.45) is 0 Å². The maximum Gasteiger partial charge on any atom is 0.224 e. The van der Waals surface area contributed by atoms with Crippen LogP contribution in [0.2, 0.25) is 0 Å². The van der Waals surface area contributed by atoms with E-state index in [1.54, 1.807) is 0 Å². The molecule has 0 aliphatic carbocycles. The van der Waals surface area contributed by atoms with E-state index in [0.717, 1.165) is 34.9 Å². The van der Waals surface area contributed by atoms with E-state index >= 15 is 0 Å². The second-order valence-electron chi connectivity index (χ2n) is 6.44. The van der Waals surface area contributed by atoms with Gasteiger partial charge in [-0.15, -0.1) is 0 Å². The molecule has 2 aromatic carbocycles. The smallest absolute Gasteiger partial charge is 0.224 e. The fourth-order valence-electron chi connectivity index (χ4n) is 3.36. The van der Waals surface area contributed by atoms with Crippen LogP contribution in [0.25, 0.3) is 21.8 Å². The van der Waals surface area contributed by atoms with Crippen LogP contribution in [0.15, 0.2) is 73.1 Å². The molecule has 0 aliphatic heterocycles. The topological polar surface area (TPSA) is 46.9 Å². The first kappa shape index (κ1) is 16.3. The predicted octanol–water partition coefficient (Wildman–Crippen LogP) is 3.94. The van der Waals surface area contributed by atoms with Gasteiger partial charge < -0.3 is 9.88 Å². The molecular weight excluding hydrogens is 322 g/mol. The lowest BCUT2D eigenvalue weighted by molar-refractivity contribution is -0.120. The Morgan fingerprint density at radius 1 is 0.962 bits per heavy atom. The molecule has 4 nitrogen and oxygen atoms in total. The number of fused-ring (bicyclic) bond motifs is 2. The maximum absolute atomic E-state index is 12.3. The van der Waals surface area contributed by atoms with Gasteiger partial charge in [0, 0.05) is 30.9 Å². The number of nitrogens with one attached hydrogen (secondary N) is 1. The van der Waals surface area contributed by atoms with E-state index < -0.39 is 0 Å². The minimum absolute atomic E-state index is 0.0665. The third kappa shape index (κ3) is 3.45. The van der Waals surface area contributed by atoms with Gasteiger partial charge in [-0.3, -0.25) is 4.79 Å². The van der Waals surface area contributed by atoms with Crippen molar-refractivity contribution < 1.29 is 4.79 Å². The summed E-state index contributed by atoms with van der Waals surface area (Å²) in [5.41, 5.74) is 2.07. The van der Waals surface area contributed by atoms with Crippen LogP contribution >= 0.6 is 0 Å². The minimum Gasteiger partial charge on any atom is -0.356 e. The van der Waals surface area contributed by atoms with Gasteiger partial charge in [0.1, 0.15) is 5.65 Å². The highest BCUT2D eigenvalue weighted by Gasteiger charge is 2.07. The standard InChI is InChI=1S/C22H21N3O/c26-21(16-19-8-3-7-17-6-1-2-10-20(17)19)23-13-5-14-25-15-11-18-9-4-12-24-22(18)25/h1-4,6-12,15H,5,13-14,16H2,(H,23,26). The SMILES string of the molecule is O=C(Cc1cccc2ccccc12)NCCCn1ccc2cccnc21. The van der Waals surface area contributed by atoms with Crippen LogP contribution in [0, 0.1) is 0 Å². The van der Waals surface area contributed by atoms with Crippen molar-refractivity contribution in [1.82, 2.24) is 14.9 Å². The second kappa shape index (κ2) is 7.40. The van der Waals surface area contributed by atoms with Crippen LogP contribution in [-0.4, -0.2) is 22.0 Å². The van der Waals surface area contributed by atoms with Crippen molar-refractivity contribution in [3.05, 3.63) is 78.6 Å². The van der Waals surface area contributed by atoms with E-state index in [-0.39, 0.29) is 5.91 Å². The summed E-state index contributed by atoms with van der Waals surface area (Å²) >= 11 is 0. The number of pyridine rings is 1. The van der Waals surface area contributed by atoms with Gasteiger partial charge in [-0.25, -0.2) is 4.98 Å². The summed E-state index contributed by atoms with van der Waals surface area (Å²) in [4.78, 5) is 16.7. The zero-order valence-corrected chi connectivity index (χ0v) is 14.6. The monoisotopic (exact) mass is 343 g/mol. The molecule has 26 heavy (non-hydrogen) atoms. The van der Waals surface area contributed by atoms with Crippen LogP contribution in [0.4, 0.5) is 0 Å². The van der Waals surface area contributed by atoms with Gasteiger partial charge in [0.25, 0.3) is 0 Å². The third-order valence-corrected chi connectivity index (χ3v) is 4.65. The van der Waals surface area contributed by atoms with Gasteiger partial charge in [-0.2, -0.15) is 0 Å². The third-order valence-electron chi connectivity index (χ3n) is 4.65. The molecular formula is C22H21N3O. The van der Waals surface area contributed by atoms with Crippen LogP contribution in [-0.2, 0) is 17.8 Å². The molecule has 2 heterocycles. The van der Waals surface area contributed by atoms with Crippen LogP contribution in [0.5, 0.6) is 0 Å². The Morgan fingerprint density at radius 3 is 2.77 bits per heavy atom. The maximum atomic E-state index is 12.3. The van der Waals surface area contributed by atoms with Crippen molar-refractivity contribution in [3.63, 3.8) is 0 Å². The van der Waals surface area contributed by atoms with Crippen LogP contribution in [0.3, 0.4) is 0 Å². The Balaban J connectivity index is 1.31. The van der Waals surface area contributed by atoms with Gasteiger partial charge in [0.15, 0.2) is 0 Å². The number of hydrogen-bond acceptors (Lipinski definition) is 2. The lowest BCUT2D eigenvalue weighted by Gasteiger charge is -2.09. The summed E-state index contributed by atoms with van der Waals surface area (Å²) in [5, 5.41) is 6.50. The average molecular weight is 343 g/mol. The van der Waals surface area contributed by atoms with Gasteiger partial charge >= 0.3 is 0 Å². The highest BCUT2D eigenvalue weighted by molar-refractivity contribution is 5.90. The number of rotatable bonds is 6. The average Bonchev–Trinajstić information content (AvgIpc) is 3.09. The van der Waals surface area contributed by atoms with Crippen molar-refractivity contribution in [1.29, 1.82) is 0 Å². The number of carbonyl (C=O) groups is 1. The number of amides is 1. The number of hydrogen-bond donors (Lipinski definition) is 1. The van der Waals surface area contributed by atoms with E-state index in [1.807, 2.05) is 36.5 Å². The molecule has 0 atom stereocenters. The molecule has 0 saturated heterocycles. The normalized spacial score (nSPS) is 11.1. The zero-order chi connectivity index (χ0) is 17.8. The van der Waals surface area contributed by atoms with Gasteiger partial charge in [-0.1, -0.05) is 42.5 Å². The summed E-state index contributed by atoms with van der Waals surface area (Å²) in [6, 6.07) is 20.4. The zero-order valence-electron chi connectivity index (χ0n) is 14.6. The molecule has 2 aromatic heterocycles. The van der Waals surface area contributed by atoms with Crippen molar-refractivity contribution in [2.75, 3.05) is 6.54 Å². The molecule has 4 aromatic rings. The Kier molecular flexibility index (Phi) is 4.65. The van der Waals surface area contributed by atoms with Gasteiger partial charge in [-0.05, 0) is 41.0 Å². The largest absolute Gasteiger partial charge is 0.356 e. The number of carbonyl (C=O) groups excluding carboxylic acids is 1. The minimum atomic E-state index is 0.0665. The molecule has 0 unspecified atom stereocenters. The van der Waals surface area contributed by atoms with Crippen LogP contribution in [0.1, 0.15) is 12.0 Å². The lowest BCUT2D eigenvalue weighted by atomic mass is 10.0. The Labute approximate surface area is 152 Å². The molecule has 0 spiro atoms. The van der Waals surface area contributed by atoms with Crippen molar-refractivity contribution in [3.8, 4) is 0 Å². The molecule has 0 radical (unpaired) electrons. The van der Waals surface area contributed by atoms with E-state index in [2.05, 4.69) is 51.4 Å². The summed E-state index contributed by atoms with van der Waals surface area (Å²) in [6.45, 7) is 1.51. The Hall–Kier alpha value is -3.14. The molecule has 0 aliphatic rings. The molecule has 1 amide bonds. The second-order valence-corrected chi connectivity index (χ2v) is 6.44. The number of aryl methyl sites for hydroxylation is 1. The molecule has 130 valence electrons. The quantitative estimate of drug-likeness (QED) is 0.539. The predicted molar refractivity (Wildman–Crippen MR) is 105 cm³/mol. The molecule has 0 fully saturated rings. The first-order valence-electron chi connectivity index (χ1n) is 8.94. The van der Waals surface area contributed by atoms with Crippen molar-refractivity contribution >= 4 is 27.7 Å². The highest BCUT2D eigenvalue weighted by atomic mass is 16.1. The number of nitrogens with zero attached hydrogens (tertiary/aromatic N) is 2. The van der Waals surface area contributed by atoms with Crippen molar-refractivity contribution in [2.45, 2.75) is 19.4 Å². The Morgan fingerprint density at radius 2 is 1.81 bits per heavy atom. The van der Waals surface area contributed by atoms with E-state index in [1.165, 1.54) is 5.39 Å². The van der Waals surface area contributed by atoms with E-state index in [0.29, 0.717) is 13.0 Å². The summed E-state index contributed by atoms with van der Waals surface area (Å²) < 4.78 is 2.13. The fourth-order valence-corrected chi connectivity index (χ4v) is 3.36. The summed E-state index contributed by atoms with van der Waals surface area (Å²) in [5.74, 6) is 0.0665. The molecule has 0 saturated carbocycles.